The van der Waals surface area contributed by atoms with Crippen molar-refractivity contribution >= 4 is 43.9 Å². The predicted octanol–water partition coefficient (Wildman–Crippen LogP) is 13.1. The Morgan fingerprint density at radius 1 is 0.397 bits per heavy atom. The first kappa shape index (κ1) is 32.5. The van der Waals surface area contributed by atoms with Crippen LogP contribution in [0.5, 0.6) is 0 Å². The maximum absolute atomic E-state index is 6.42. The number of pyridine rings is 1. The minimum Gasteiger partial charge on any atom is -0.456 e. The van der Waals surface area contributed by atoms with E-state index in [2.05, 4.69) is 110 Å². The predicted molar refractivity (Wildman–Crippen MR) is 231 cm³/mol. The quantitative estimate of drug-likeness (QED) is 0.175. The van der Waals surface area contributed by atoms with E-state index in [1.807, 2.05) is 72.8 Å². The molecule has 0 aliphatic heterocycles. The van der Waals surface area contributed by atoms with E-state index in [0.29, 0.717) is 17.5 Å². The van der Waals surface area contributed by atoms with E-state index in [-0.39, 0.29) is 0 Å². The lowest BCUT2D eigenvalue weighted by Gasteiger charge is -2.27. The van der Waals surface area contributed by atoms with Gasteiger partial charge >= 0.3 is 0 Å². The zero-order chi connectivity index (χ0) is 38.4. The number of aromatic nitrogens is 4. The van der Waals surface area contributed by atoms with E-state index >= 15 is 0 Å². The summed E-state index contributed by atoms with van der Waals surface area (Å²) in [6.07, 6.45) is 0. The van der Waals surface area contributed by atoms with Gasteiger partial charge in [0.05, 0.1) is 16.8 Å². The van der Waals surface area contributed by atoms with Crippen LogP contribution in [0.3, 0.4) is 0 Å². The summed E-state index contributed by atoms with van der Waals surface area (Å²) in [7, 11) is 0. The van der Waals surface area contributed by atoms with Crippen molar-refractivity contribution in [1.29, 1.82) is 0 Å². The fraction of sp³-hybridized carbons (Fsp3) is 0.0385. The molecule has 0 amide bonds. The molecular formula is C52H32N4O2. The zero-order valence-electron chi connectivity index (χ0n) is 31.3. The van der Waals surface area contributed by atoms with Gasteiger partial charge < -0.3 is 8.83 Å². The topological polar surface area (TPSA) is 77.8 Å². The number of furan rings is 2. The summed E-state index contributed by atoms with van der Waals surface area (Å²) in [4.78, 5) is 20.9. The van der Waals surface area contributed by atoms with Crippen molar-refractivity contribution in [2.24, 2.45) is 0 Å². The van der Waals surface area contributed by atoms with Crippen LogP contribution in [-0.2, 0) is 5.41 Å². The summed E-state index contributed by atoms with van der Waals surface area (Å²) in [6, 6.07) is 60.4. The first-order valence-corrected chi connectivity index (χ1v) is 19.5. The van der Waals surface area contributed by atoms with Crippen molar-refractivity contribution in [3.63, 3.8) is 0 Å². The van der Waals surface area contributed by atoms with Crippen molar-refractivity contribution in [1.82, 2.24) is 19.9 Å². The van der Waals surface area contributed by atoms with Gasteiger partial charge in [0.15, 0.2) is 17.5 Å². The number of para-hydroxylation sites is 2. The molecule has 0 fully saturated rings. The molecule has 0 saturated heterocycles. The lowest BCUT2D eigenvalue weighted by molar-refractivity contribution is 0.659. The fourth-order valence-electron chi connectivity index (χ4n) is 8.94. The zero-order valence-corrected chi connectivity index (χ0v) is 31.3. The summed E-state index contributed by atoms with van der Waals surface area (Å²) in [6.45, 7) is 2.29. The van der Waals surface area contributed by atoms with Gasteiger partial charge in [0, 0.05) is 49.4 Å². The second-order valence-corrected chi connectivity index (χ2v) is 15.1. The number of fused-ring (bicyclic) bond motifs is 9. The molecule has 0 spiro atoms. The number of hydrogen-bond donors (Lipinski definition) is 0. The number of nitrogens with zero attached hydrogens (tertiary/aromatic N) is 4. The molecule has 1 aliphatic carbocycles. The Bertz CT molecular complexity index is 3420. The Balaban J connectivity index is 1.02. The maximum Gasteiger partial charge on any atom is 0.164 e. The first-order chi connectivity index (χ1) is 28.6. The minimum absolute atomic E-state index is 0.515. The standard InChI is InChI=1S/C52H32N4O2/c1-52(34-18-6-3-7-19-34)41-30-46-40(35-20-8-10-23-43(35)58-46)29-39(41)36-26-27-42(53-48(36)52)32-16-12-17-33(28-32)50-54-49(31-14-4-2-5-15-31)55-51(56-50)38-22-13-25-45-47(38)37-21-9-11-24-44(37)57-45/h2-30H,1H3. The van der Waals surface area contributed by atoms with Crippen LogP contribution in [0.1, 0.15) is 23.7 Å². The summed E-state index contributed by atoms with van der Waals surface area (Å²) in [5, 5.41) is 4.22. The largest absolute Gasteiger partial charge is 0.456 e. The molecular weight excluding hydrogens is 713 g/mol. The van der Waals surface area contributed by atoms with Crippen molar-refractivity contribution in [3.05, 3.63) is 193 Å². The molecule has 6 heteroatoms. The second kappa shape index (κ2) is 12.4. The molecule has 4 aromatic heterocycles. The van der Waals surface area contributed by atoms with Gasteiger partial charge in [0.1, 0.15) is 22.3 Å². The van der Waals surface area contributed by atoms with Gasteiger partial charge in [-0.3, -0.25) is 4.98 Å². The van der Waals surface area contributed by atoms with Gasteiger partial charge in [-0.25, -0.2) is 15.0 Å². The van der Waals surface area contributed by atoms with Gasteiger partial charge in [0.2, 0.25) is 0 Å². The highest BCUT2D eigenvalue weighted by molar-refractivity contribution is 6.12. The Hall–Kier alpha value is -7.70. The third-order valence-electron chi connectivity index (χ3n) is 11.8. The third kappa shape index (κ3) is 4.85. The van der Waals surface area contributed by atoms with Crippen LogP contribution in [0.25, 0.3) is 100 Å². The molecule has 58 heavy (non-hydrogen) atoms. The van der Waals surface area contributed by atoms with E-state index in [1.54, 1.807) is 0 Å². The van der Waals surface area contributed by atoms with E-state index in [9.17, 15) is 0 Å². The SMILES string of the molecule is CC1(c2ccccc2)c2cc3oc4ccccc4c3cc2-c2ccc(-c3cccc(-c4nc(-c5ccccc5)nc(-c5cccc6oc7ccccc7c56)n4)c3)nc21. The Kier molecular flexibility index (Phi) is 6.96. The van der Waals surface area contributed by atoms with E-state index in [0.717, 1.165) is 83.1 Å². The van der Waals surface area contributed by atoms with Gasteiger partial charge in [-0.15, -0.1) is 0 Å². The lowest BCUT2D eigenvalue weighted by Crippen LogP contribution is -2.23. The molecule has 0 saturated carbocycles. The van der Waals surface area contributed by atoms with Crippen LogP contribution in [0.15, 0.2) is 185 Å². The Labute approximate surface area is 333 Å². The molecule has 7 aromatic carbocycles. The first-order valence-electron chi connectivity index (χ1n) is 19.5. The monoisotopic (exact) mass is 744 g/mol. The van der Waals surface area contributed by atoms with Crippen LogP contribution in [0, 0.1) is 0 Å². The van der Waals surface area contributed by atoms with Crippen molar-refractivity contribution < 1.29 is 8.83 Å². The molecule has 272 valence electrons. The van der Waals surface area contributed by atoms with Gasteiger partial charge in [-0.05, 0) is 66.1 Å². The van der Waals surface area contributed by atoms with E-state index in [1.165, 1.54) is 16.7 Å². The molecule has 12 rings (SSSR count). The number of benzene rings is 7. The van der Waals surface area contributed by atoms with Crippen molar-refractivity contribution in [2.75, 3.05) is 0 Å². The molecule has 0 bridgehead atoms. The summed E-state index contributed by atoms with van der Waals surface area (Å²) < 4.78 is 12.7. The van der Waals surface area contributed by atoms with E-state index < -0.39 is 5.41 Å². The minimum atomic E-state index is -0.515. The van der Waals surface area contributed by atoms with Gasteiger partial charge in [-0.2, -0.15) is 0 Å². The summed E-state index contributed by atoms with van der Waals surface area (Å²) in [5.74, 6) is 1.76. The average Bonchev–Trinajstić information content (AvgIpc) is 3.94. The lowest BCUT2D eigenvalue weighted by atomic mass is 9.76. The third-order valence-corrected chi connectivity index (χ3v) is 11.8. The van der Waals surface area contributed by atoms with Crippen LogP contribution < -0.4 is 0 Å². The van der Waals surface area contributed by atoms with Crippen LogP contribution in [0.2, 0.25) is 0 Å². The smallest absolute Gasteiger partial charge is 0.164 e. The number of rotatable bonds is 5. The molecule has 0 radical (unpaired) electrons. The fourth-order valence-corrected chi connectivity index (χ4v) is 8.94. The summed E-state index contributed by atoms with van der Waals surface area (Å²) >= 11 is 0. The molecule has 1 unspecified atom stereocenters. The van der Waals surface area contributed by atoms with Crippen LogP contribution >= 0.6 is 0 Å². The van der Waals surface area contributed by atoms with Crippen LogP contribution in [0.4, 0.5) is 0 Å². The van der Waals surface area contributed by atoms with Crippen molar-refractivity contribution in [3.8, 4) is 56.5 Å². The normalized spacial score (nSPS) is 14.7. The molecule has 1 aliphatic rings. The molecule has 0 N–H and O–H groups in total. The Morgan fingerprint density at radius 2 is 1.02 bits per heavy atom. The van der Waals surface area contributed by atoms with Gasteiger partial charge in [0.25, 0.3) is 0 Å². The summed E-state index contributed by atoms with van der Waals surface area (Å²) in [5.41, 5.74) is 13.1. The Morgan fingerprint density at radius 3 is 1.84 bits per heavy atom. The molecule has 11 aromatic rings. The highest BCUT2D eigenvalue weighted by Gasteiger charge is 2.43. The second-order valence-electron chi connectivity index (χ2n) is 15.1. The van der Waals surface area contributed by atoms with Crippen molar-refractivity contribution in [2.45, 2.75) is 12.3 Å². The molecule has 1 atom stereocenters. The highest BCUT2D eigenvalue weighted by atomic mass is 16.3. The molecule has 6 nitrogen and oxygen atoms in total. The van der Waals surface area contributed by atoms with E-state index in [4.69, 9.17) is 28.8 Å². The average molecular weight is 745 g/mol. The number of hydrogen-bond acceptors (Lipinski definition) is 6. The maximum atomic E-state index is 6.42. The highest BCUT2D eigenvalue weighted by Crippen LogP contribution is 2.53. The van der Waals surface area contributed by atoms with Gasteiger partial charge in [-0.1, -0.05) is 133 Å². The van der Waals surface area contributed by atoms with Crippen LogP contribution in [-0.4, -0.2) is 19.9 Å². The molecule has 4 heterocycles.